The van der Waals surface area contributed by atoms with Crippen LogP contribution in [0, 0.1) is 5.92 Å². The van der Waals surface area contributed by atoms with Gasteiger partial charge >= 0.3 is 0 Å². The molecular weight excluding hydrogens is 382 g/mol. The average Bonchev–Trinajstić information content (AvgIpc) is 2.82. The Balaban J connectivity index is 1.56. The molecule has 2 aromatic rings. The maximum Gasteiger partial charge on any atom is 0.246 e. The van der Waals surface area contributed by atoms with Crippen molar-refractivity contribution in [3.63, 3.8) is 0 Å². The van der Waals surface area contributed by atoms with Crippen LogP contribution in [0.1, 0.15) is 28.8 Å². The Morgan fingerprint density at radius 1 is 0.900 bits per heavy atom. The van der Waals surface area contributed by atoms with Gasteiger partial charge < -0.3 is 19.1 Å². The van der Waals surface area contributed by atoms with Gasteiger partial charge in [-0.3, -0.25) is 9.59 Å². The zero-order valence-corrected chi connectivity index (χ0v) is 17.6. The van der Waals surface area contributed by atoms with E-state index in [2.05, 4.69) is 0 Å². The van der Waals surface area contributed by atoms with Gasteiger partial charge in [-0.05, 0) is 60.9 Å². The summed E-state index contributed by atoms with van der Waals surface area (Å²) in [5.74, 6) is 2.01. The topological polar surface area (TPSA) is 65.1 Å². The van der Waals surface area contributed by atoms with Crippen LogP contribution in [0.2, 0.25) is 0 Å². The molecule has 1 aliphatic rings. The molecule has 0 saturated carbocycles. The zero-order chi connectivity index (χ0) is 21.5. The number of amides is 1. The van der Waals surface area contributed by atoms with E-state index < -0.39 is 0 Å². The fraction of sp³-hybridized carbons (Fsp3) is 0.333. The van der Waals surface area contributed by atoms with Crippen LogP contribution in [0.3, 0.4) is 0 Å². The smallest absolute Gasteiger partial charge is 0.246 e. The number of nitrogens with zero attached hydrogens (tertiary/aromatic N) is 1. The first-order valence-corrected chi connectivity index (χ1v) is 9.93. The zero-order valence-electron chi connectivity index (χ0n) is 17.6. The molecule has 0 unspecified atom stereocenters. The Morgan fingerprint density at radius 3 is 2.17 bits per heavy atom. The molecule has 0 atom stereocenters. The lowest BCUT2D eigenvalue weighted by atomic mass is 9.89. The molecule has 1 aliphatic heterocycles. The van der Waals surface area contributed by atoms with Crippen molar-refractivity contribution in [2.45, 2.75) is 12.8 Å². The molecule has 0 spiro atoms. The summed E-state index contributed by atoms with van der Waals surface area (Å²) in [6.07, 6.45) is 4.66. The molecule has 158 valence electrons. The van der Waals surface area contributed by atoms with Gasteiger partial charge in [0.2, 0.25) is 5.91 Å². The van der Waals surface area contributed by atoms with Crippen molar-refractivity contribution in [3.05, 3.63) is 59.7 Å². The van der Waals surface area contributed by atoms with E-state index in [4.69, 9.17) is 14.2 Å². The molecule has 0 aromatic heterocycles. The third-order valence-corrected chi connectivity index (χ3v) is 5.38. The van der Waals surface area contributed by atoms with Crippen molar-refractivity contribution in [1.82, 2.24) is 4.90 Å². The number of hydrogen-bond donors (Lipinski definition) is 0. The van der Waals surface area contributed by atoms with Gasteiger partial charge in [-0.25, -0.2) is 0 Å². The average molecular weight is 409 g/mol. The Labute approximate surface area is 177 Å². The Bertz CT molecular complexity index is 912. The number of hydrogen-bond acceptors (Lipinski definition) is 5. The van der Waals surface area contributed by atoms with Gasteiger partial charge in [-0.15, -0.1) is 0 Å². The fourth-order valence-corrected chi connectivity index (χ4v) is 3.58. The summed E-state index contributed by atoms with van der Waals surface area (Å²) in [5, 5.41) is 0. The molecule has 2 aromatic carbocycles. The van der Waals surface area contributed by atoms with Crippen molar-refractivity contribution in [2.75, 3.05) is 34.4 Å². The summed E-state index contributed by atoms with van der Waals surface area (Å²) in [7, 11) is 4.76. The minimum atomic E-state index is -0.0581. The third kappa shape index (κ3) is 5.00. The van der Waals surface area contributed by atoms with Gasteiger partial charge in [0.1, 0.15) is 5.75 Å². The number of methoxy groups -OCH3 is 3. The first kappa shape index (κ1) is 21.4. The van der Waals surface area contributed by atoms with E-state index in [1.165, 1.54) is 0 Å². The van der Waals surface area contributed by atoms with Crippen molar-refractivity contribution >= 4 is 17.8 Å². The molecule has 0 bridgehead atoms. The quantitative estimate of drug-likeness (QED) is 0.513. The molecule has 0 N–H and O–H groups in total. The van der Waals surface area contributed by atoms with E-state index >= 15 is 0 Å². The molecule has 1 amide bonds. The monoisotopic (exact) mass is 409 g/mol. The van der Waals surface area contributed by atoms with Gasteiger partial charge in [0.25, 0.3) is 0 Å². The summed E-state index contributed by atoms with van der Waals surface area (Å²) in [6.45, 7) is 1.14. The molecule has 6 heteroatoms. The molecule has 1 fully saturated rings. The van der Waals surface area contributed by atoms with Crippen molar-refractivity contribution in [3.8, 4) is 17.2 Å². The number of carbonyl (C=O) groups is 2. The number of rotatable bonds is 7. The standard InChI is InChI=1S/C24H27NO5/c1-28-20-8-6-18(7-9-20)24(27)19-12-14-25(15-13-19)23(26)11-5-17-4-10-21(29-2)22(16-17)30-3/h4-11,16,19H,12-15H2,1-3H3. The highest BCUT2D eigenvalue weighted by Gasteiger charge is 2.27. The number of carbonyl (C=O) groups excluding carboxylic acids is 2. The summed E-state index contributed by atoms with van der Waals surface area (Å²) in [6, 6.07) is 12.7. The fourth-order valence-electron chi connectivity index (χ4n) is 3.58. The van der Waals surface area contributed by atoms with Crippen molar-refractivity contribution in [1.29, 1.82) is 0 Å². The Hall–Kier alpha value is -3.28. The lowest BCUT2D eigenvalue weighted by Gasteiger charge is -2.30. The summed E-state index contributed by atoms with van der Waals surface area (Å²) in [4.78, 5) is 27.1. The lowest BCUT2D eigenvalue weighted by Crippen LogP contribution is -2.39. The molecular formula is C24H27NO5. The largest absolute Gasteiger partial charge is 0.497 e. The third-order valence-electron chi connectivity index (χ3n) is 5.38. The molecule has 3 rings (SSSR count). The van der Waals surface area contributed by atoms with Crippen LogP contribution in [-0.4, -0.2) is 51.0 Å². The summed E-state index contributed by atoms with van der Waals surface area (Å²) >= 11 is 0. The van der Waals surface area contributed by atoms with Crippen molar-refractivity contribution in [2.24, 2.45) is 5.92 Å². The van der Waals surface area contributed by atoms with Crippen LogP contribution in [0.5, 0.6) is 17.2 Å². The Kier molecular flexibility index (Phi) is 7.12. The second-order valence-corrected chi connectivity index (χ2v) is 7.14. The van der Waals surface area contributed by atoms with E-state index in [0.717, 1.165) is 11.3 Å². The number of ketones is 1. The number of Topliss-reactive ketones (excluding diaryl/α,β-unsaturated/α-hetero) is 1. The van der Waals surface area contributed by atoms with Crippen LogP contribution < -0.4 is 14.2 Å². The first-order chi connectivity index (χ1) is 14.5. The minimum Gasteiger partial charge on any atom is -0.497 e. The predicted molar refractivity (Wildman–Crippen MR) is 115 cm³/mol. The number of benzene rings is 2. The molecule has 30 heavy (non-hydrogen) atoms. The van der Waals surface area contributed by atoms with Gasteiger partial charge in [-0.2, -0.15) is 0 Å². The van der Waals surface area contributed by atoms with E-state index in [1.54, 1.807) is 68.7 Å². The predicted octanol–water partition coefficient (Wildman–Crippen LogP) is 3.85. The lowest BCUT2D eigenvalue weighted by molar-refractivity contribution is -0.127. The van der Waals surface area contributed by atoms with Gasteiger partial charge in [-0.1, -0.05) is 6.07 Å². The highest BCUT2D eigenvalue weighted by Crippen LogP contribution is 2.28. The van der Waals surface area contributed by atoms with Crippen LogP contribution >= 0.6 is 0 Å². The highest BCUT2D eigenvalue weighted by molar-refractivity contribution is 5.98. The van der Waals surface area contributed by atoms with Crippen LogP contribution in [0.4, 0.5) is 0 Å². The molecule has 1 heterocycles. The highest BCUT2D eigenvalue weighted by atomic mass is 16.5. The molecule has 1 saturated heterocycles. The van der Waals surface area contributed by atoms with Gasteiger partial charge in [0.05, 0.1) is 21.3 Å². The van der Waals surface area contributed by atoms with Gasteiger partial charge in [0.15, 0.2) is 17.3 Å². The van der Waals surface area contributed by atoms with E-state index in [1.807, 2.05) is 12.1 Å². The molecule has 0 aliphatic carbocycles. The van der Waals surface area contributed by atoms with Crippen LogP contribution in [-0.2, 0) is 4.79 Å². The normalized spacial score (nSPS) is 14.6. The molecule has 0 radical (unpaired) electrons. The van der Waals surface area contributed by atoms with Gasteiger partial charge in [0, 0.05) is 30.6 Å². The maximum atomic E-state index is 12.7. The summed E-state index contributed by atoms with van der Waals surface area (Å²) in [5.41, 5.74) is 1.54. The second-order valence-electron chi connectivity index (χ2n) is 7.14. The van der Waals surface area contributed by atoms with Crippen molar-refractivity contribution < 1.29 is 23.8 Å². The first-order valence-electron chi connectivity index (χ1n) is 9.93. The summed E-state index contributed by atoms with van der Waals surface area (Å²) < 4.78 is 15.7. The minimum absolute atomic E-state index is 0.0554. The number of piperidine rings is 1. The number of ether oxygens (including phenoxy) is 3. The maximum absolute atomic E-state index is 12.7. The van der Waals surface area contributed by atoms with E-state index in [0.29, 0.717) is 43.0 Å². The second kappa shape index (κ2) is 9.96. The Morgan fingerprint density at radius 2 is 1.57 bits per heavy atom. The number of likely N-dealkylation sites (tertiary alicyclic amines) is 1. The van der Waals surface area contributed by atoms with Crippen LogP contribution in [0.15, 0.2) is 48.5 Å². The molecule has 6 nitrogen and oxygen atoms in total. The SMILES string of the molecule is COc1ccc(C(=O)C2CCN(C(=O)C=Cc3ccc(OC)c(OC)c3)CC2)cc1. The van der Waals surface area contributed by atoms with Crippen LogP contribution in [0.25, 0.3) is 6.08 Å². The van der Waals surface area contributed by atoms with E-state index in [-0.39, 0.29) is 17.6 Å². The van der Waals surface area contributed by atoms with E-state index in [9.17, 15) is 9.59 Å².